The maximum Gasteiger partial charge on any atom is 0.269 e. The Bertz CT molecular complexity index is 1080. The lowest BCUT2D eigenvalue weighted by Gasteiger charge is -2.05. The van der Waals surface area contributed by atoms with Crippen LogP contribution in [0.25, 0.3) is 16.8 Å². The van der Waals surface area contributed by atoms with Gasteiger partial charge in [-0.2, -0.15) is 5.26 Å². The quantitative estimate of drug-likeness (QED) is 0.359. The molecule has 0 amide bonds. The Hall–Kier alpha value is -3.70. The zero-order valence-electron chi connectivity index (χ0n) is 15.2. The first-order valence-electron chi connectivity index (χ1n) is 8.24. The fourth-order valence-corrected chi connectivity index (χ4v) is 3.30. The van der Waals surface area contributed by atoms with Crippen molar-refractivity contribution in [1.29, 1.82) is 5.26 Å². The fraction of sp³-hybridized carbons (Fsp3) is 0.100. The largest absolute Gasteiger partial charge is 0.497 e. The molecule has 3 rings (SSSR count). The molecule has 1 aromatic heterocycles. The van der Waals surface area contributed by atoms with Crippen LogP contribution in [-0.2, 0) is 0 Å². The van der Waals surface area contributed by atoms with E-state index in [0.717, 1.165) is 17.0 Å². The van der Waals surface area contributed by atoms with E-state index in [-0.39, 0.29) is 5.69 Å². The number of nitrogens with one attached hydrogen (secondary N) is 1. The van der Waals surface area contributed by atoms with Gasteiger partial charge in [-0.05, 0) is 42.8 Å². The molecule has 1 N–H and O–H groups in total. The summed E-state index contributed by atoms with van der Waals surface area (Å²) in [4.78, 5) is 14.9. The molecule has 3 aromatic rings. The number of ether oxygens (including phenoxy) is 1. The molecular weight excluding hydrogens is 376 g/mol. The molecule has 0 aliphatic rings. The predicted octanol–water partition coefficient (Wildman–Crippen LogP) is 5.01. The maximum absolute atomic E-state index is 10.8. The molecule has 0 aliphatic carbocycles. The Morgan fingerprint density at radius 2 is 2.07 bits per heavy atom. The van der Waals surface area contributed by atoms with Crippen molar-refractivity contribution in [2.24, 2.45) is 0 Å². The number of nitro groups is 1. The Labute approximate surface area is 165 Å². The lowest BCUT2D eigenvalue weighted by Crippen LogP contribution is -1.95. The number of nitro benzene ring substituents is 1. The van der Waals surface area contributed by atoms with E-state index in [1.165, 1.54) is 23.5 Å². The van der Waals surface area contributed by atoms with E-state index in [4.69, 9.17) is 4.74 Å². The number of aryl methyl sites for hydroxylation is 1. The van der Waals surface area contributed by atoms with Crippen molar-refractivity contribution in [3.63, 3.8) is 0 Å². The van der Waals surface area contributed by atoms with Crippen LogP contribution in [0.4, 0.5) is 11.4 Å². The van der Waals surface area contributed by atoms with Crippen LogP contribution in [-0.4, -0.2) is 17.0 Å². The summed E-state index contributed by atoms with van der Waals surface area (Å²) >= 11 is 1.37. The molecule has 2 aromatic carbocycles. The molecule has 0 bridgehead atoms. The standard InChI is InChI=1S/C20H16N4O3S/c1-13-9-16(24(25)26)5-8-18(13)22-11-15(10-21)20-23-19(12-28-20)14-3-6-17(27-2)7-4-14/h3-9,11-12,22H,1-2H3/b15-11+. The molecule has 140 valence electrons. The van der Waals surface area contributed by atoms with Gasteiger partial charge >= 0.3 is 0 Å². The number of hydrogen-bond acceptors (Lipinski definition) is 7. The van der Waals surface area contributed by atoms with E-state index in [1.54, 1.807) is 26.3 Å². The number of anilines is 1. The second-order valence-electron chi connectivity index (χ2n) is 5.84. The van der Waals surface area contributed by atoms with Crippen LogP contribution in [0.2, 0.25) is 0 Å². The molecule has 0 atom stereocenters. The fourth-order valence-electron chi connectivity index (χ4n) is 2.51. The van der Waals surface area contributed by atoms with Crippen molar-refractivity contribution in [3.8, 4) is 23.1 Å². The zero-order valence-corrected chi connectivity index (χ0v) is 16.0. The van der Waals surface area contributed by atoms with Crippen LogP contribution in [0.1, 0.15) is 10.6 Å². The van der Waals surface area contributed by atoms with Gasteiger partial charge in [0.1, 0.15) is 22.4 Å². The van der Waals surface area contributed by atoms with Gasteiger partial charge in [-0.1, -0.05) is 0 Å². The Kier molecular flexibility index (Phi) is 5.67. The third-order valence-electron chi connectivity index (χ3n) is 4.03. The van der Waals surface area contributed by atoms with Crippen LogP contribution >= 0.6 is 11.3 Å². The molecule has 0 saturated carbocycles. The van der Waals surface area contributed by atoms with Crippen LogP contribution in [0.3, 0.4) is 0 Å². The smallest absolute Gasteiger partial charge is 0.269 e. The average Bonchev–Trinajstić information content (AvgIpc) is 3.19. The number of benzene rings is 2. The van der Waals surface area contributed by atoms with E-state index in [0.29, 0.717) is 21.8 Å². The van der Waals surface area contributed by atoms with Crippen LogP contribution in [0.5, 0.6) is 5.75 Å². The Morgan fingerprint density at radius 3 is 2.68 bits per heavy atom. The lowest BCUT2D eigenvalue weighted by molar-refractivity contribution is -0.384. The van der Waals surface area contributed by atoms with E-state index in [9.17, 15) is 15.4 Å². The van der Waals surface area contributed by atoms with Crippen molar-refractivity contribution >= 4 is 28.3 Å². The second kappa shape index (κ2) is 8.33. The lowest BCUT2D eigenvalue weighted by atomic mass is 10.1. The van der Waals surface area contributed by atoms with Crippen LogP contribution < -0.4 is 10.1 Å². The molecule has 0 fully saturated rings. The summed E-state index contributed by atoms with van der Waals surface area (Å²) in [6.45, 7) is 1.76. The SMILES string of the molecule is COc1ccc(-c2csc(/C(C#N)=C/Nc3ccc([N+](=O)[O-])cc3C)n2)cc1. The summed E-state index contributed by atoms with van der Waals surface area (Å²) in [5.41, 5.74) is 3.50. The summed E-state index contributed by atoms with van der Waals surface area (Å²) in [6, 6.07) is 14.2. The molecule has 28 heavy (non-hydrogen) atoms. The highest BCUT2D eigenvalue weighted by Gasteiger charge is 2.11. The molecule has 1 heterocycles. The van der Waals surface area contributed by atoms with Gasteiger partial charge in [0.15, 0.2) is 0 Å². The molecule has 0 radical (unpaired) electrons. The third-order valence-corrected chi connectivity index (χ3v) is 4.91. The minimum Gasteiger partial charge on any atom is -0.497 e. The summed E-state index contributed by atoms with van der Waals surface area (Å²) < 4.78 is 5.15. The molecule has 0 aliphatic heterocycles. The van der Waals surface area contributed by atoms with Gasteiger partial charge in [0.2, 0.25) is 0 Å². The van der Waals surface area contributed by atoms with Crippen molar-refractivity contribution in [2.75, 3.05) is 12.4 Å². The molecule has 0 spiro atoms. The number of nitrogens with zero attached hydrogens (tertiary/aromatic N) is 3. The van der Waals surface area contributed by atoms with Gasteiger partial charge in [-0.25, -0.2) is 4.98 Å². The number of aromatic nitrogens is 1. The van der Waals surface area contributed by atoms with Crippen LogP contribution in [0, 0.1) is 28.4 Å². The Morgan fingerprint density at radius 1 is 1.32 bits per heavy atom. The number of thiazole rings is 1. The summed E-state index contributed by atoms with van der Waals surface area (Å²) in [7, 11) is 1.61. The molecular formula is C20H16N4O3S. The molecule has 0 saturated heterocycles. The molecule has 7 nitrogen and oxygen atoms in total. The van der Waals surface area contributed by atoms with Crippen molar-refractivity contribution in [2.45, 2.75) is 6.92 Å². The summed E-state index contributed by atoms with van der Waals surface area (Å²) in [5.74, 6) is 0.763. The van der Waals surface area contributed by atoms with Gasteiger partial charge in [0.25, 0.3) is 5.69 Å². The molecule has 0 unspecified atom stereocenters. The number of non-ortho nitro benzene ring substituents is 1. The summed E-state index contributed by atoms with van der Waals surface area (Å²) in [6.07, 6.45) is 1.56. The predicted molar refractivity (Wildman–Crippen MR) is 109 cm³/mol. The average molecular weight is 392 g/mol. The van der Waals surface area contributed by atoms with Gasteiger partial charge < -0.3 is 10.1 Å². The minimum absolute atomic E-state index is 0.0246. The highest BCUT2D eigenvalue weighted by Crippen LogP contribution is 2.28. The first-order valence-corrected chi connectivity index (χ1v) is 9.12. The van der Waals surface area contributed by atoms with E-state index in [1.807, 2.05) is 29.6 Å². The first kappa shape index (κ1) is 19.1. The first-order chi connectivity index (χ1) is 13.5. The normalized spacial score (nSPS) is 11.0. The number of nitriles is 1. The van der Waals surface area contributed by atoms with E-state index in [2.05, 4.69) is 16.4 Å². The molecule has 8 heteroatoms. The number of hydrogen-bond donors (Lipinski definition) is 1. The van der Waals surface area contributed by atoms with E-state index >= 15 is 0 Å². The van der Waals surface area contributed by atoms with Gasteiger partial charge in [0, 0.05) is 35.0 Å². The number of allylic oxidation sites excluding steroid dienone is 1. The second-order valence-corrected chi connectivity index (χ2v) is 6.69. The van der Waals surface area contributed by atoms with Crippen molar-refractivity contribution < 1.29 is 9.66 Å². The zero-order chi connectivity index (χ0) is 20.1. The van der Waals surface area contributed by atoms with Crippen LogP contribution in [0.15, 0.2) is 54.0 Å². The minimum atomic E-state index is -0.441. The number of rotatable bonds is 6. The van der Waals surface area contributed by atoms with Gasteiger partial charge in [-0.15, -0.1) is 11.3 Å². The van der Waals surface area contributed by atoms with Crippen molar-refractivity contribution in [3.05, 3.63) is 74.7 Å². The highest BCUT2D eigenvalue weighted by atomic mass is 32.1. The monoisotopic (exact) mass is 392 g/mol. The highest BCUT2D eigenvalue weighted by molar-refractivity contribution is 7.11. The van der Waals surface area contributed by atoms with Crippen molar-refractivity contribution in [1.82, 2.24) is 4.98 Å². The Balaban J connectivity index is 1.81. The van der Waals surface area contributed by atoms with Gasteiger partial charge in [-0.3, -0.25) is 10.1 Å². The maximum atomic E-state index is 10.8. The third kappa shape index (κ3) is 4.16. The van der Waals surface area contributed by atoms with E-state index < -0.39 is 4.92 Å². The van der Waals surface area contributed by atoms with Gasteiger partial charge in [0.05, 0.1) is 17.7 Å². The topological polar surface area (TPSA) is 101 Å². The number of methoxy groups -OCH3 is 1. The summed E-state index contributed by atoms with van der Waals surface area (Å²) in [5, 5.41) is 25.8.